The van der Waals surface area contributed by atoms with Crippen molar-refractivity contribution >= 4 is 17.3 Å². The molecule has 0 bridgehead atoms. The summed E-state index contributed by atoms with van der Waals surface area (Å²) in [6, 6.07) is 8.03. The van der Waals surface area contributed by atoms with Gasteiger partial charge in [-0.05, 0) is 69.7 Å². The highest BCUT2D eigenvalue weighted by molar-refractivity contribution is 7.80. The van der Waals surface area contributed by atoms with Gasteiger partial charge in [0.25, 0.3) is 0 Å². The van der Waals surface area contributed by atoms with Crippen LogP contribution in [0.2, 0.25) is 0 Å². The lowest BCUT2D eigenvalue weighted by Gasteiger charge is -2.41. The third-order valence-electron chi connectivity index (χ3n) is 4.51. The average Bonchev–Trinajstić information content (AvgIpc) is 2.59. The van der Waals surface area contributed by atoms with E-state index < -0.39 is 0 Å². The first-order chi connectivity index (χ1) is 11.0. The van der Waals surface area contributed by atoms with Gasteiger partial charge in [-0.3, -0.25) is 4.90 Å². The van der Waals surface area contributed by atoms with E-state index in [0.717, 1.165) is 18.8 Å². The highest BCUT2D eigenvalue weighted by Crippen LogP contribution is 2.19. The smallest absolute Gasteiger partial charge is 0.166 e. The highest BCUT2D eigenvalue weighted by Gasteiger charge is 2.27. The van der Waals surface area contributed by atoms with Gasteiger partial charge in [0.2, 0.25) is 0 Å². The third-order valence-corrected chi connectivity index (χ3v) is 4.79. The Hall–Kier alpha value is -1.33. The van der Waals surface area contributed by atoms with Crippen molar-refractivity contribution in [2.75, 3.05) is 26.7 Å². The molecule has 2 rings (SSSR count). The molecule has 4 nitrogen and oxygen atoms in total. The van der Waals surface area contributed by atoms with Gasteiger partial charge in [-0.2, -0.15) is 0 Å². The summed E-state index contributed by atoms with van der Waals surface area (Å²) < 4.78 is 5.17. The highest BCUT2D eigenvalue weighted by atomic mass is 32.1. The molecule has 2 N–H and O–H groups in total. The van der Waals surface area contributed by atoms with Crippen LogP contribution in [0.4, 0.5) is 0 Å². The quantitative estimate of drug-likeness (QED) is 0.782. The molecule has 1 heterocycles. The molecule has 0 amide bonds. The Balaban J connectivity index is 1.73. The average molecular weight is 336 g/mol. The predicted molar refractivity (Wildman–Crippen MR) is 99.9 cm³/mol. The van der Waals surface area contributed by atoms with Gasteiger partial charge in [-0.1, -0.05) is 18.6 Å². The molecule has 5 heteroatoms. The standard InChI is InChI=1S/C18H29N3OS/c1-18(2,21-11-5-4-6-12-21)14-20-17(23)19-13-15-7-9-16(22-3)10-8-15/h7-10H,4-6,11-14H2,1-3H3,(H2,19,20,23). The summed E-state index contributed by atoms with van der Waals surface area (Å²) in [5.41, 5.74) is 1.32. The predicted octanol–water partition coefficient (Wildman–Crippen LogP) is 2.92. The van der Waals surface area contributed by atoms with Crippen molar-refractivity contribution in [2.24, 2.45) is 0 Å². The van der Waals surface area contributed by atoms with Crippen LogP contribution in [0, 0.1) is 0 Å². The van der Waals surface area contributed by atoms with Gasteiger partial charge >= 0.3 is 0 Å². The lowest BCUT2D eigenvalue weighted by Crippen LogP contribution is -2.54. The molecule has 1 fully saturated rings. The topological polar surface area (TPSA) is 36.5 Å². The second-order valence-electron chi connectivity index (χ2n) is 6.74. The van der Waals surface area contributed by atoms with Gasteiger partial charge in [0.1, 0.15) is 5.75 Å². The molecule has 23 heavy (non-hydrogen) atoms. The van der Waals surface area contributed by atoms with E-state index in [-0.39, 0.29) is 5.54 Å². The van der Waals surface area contributed by atoms with E-state index in [2.05, 4.69) is 29.4 Å². The fourth-order valence-electron chi connectivity index (χ4n) is 2.90. The molecule has 1 aromatic rings. The molecule has 128 valence electrons. The van der Waals surface area contributed by atoms with Crippen molar-refractivity contribution in [3.63, 3.8) is 0 Å². The molecule has 0 spiro atoms. The van der Waals surface area contributed by atoms with Gasteiger partial charge in [0.15, 0.2) is 5.11 Å². The Bertz CT molecular complexity index is 495. The van der Waals surface area contributed by atoms with Crippen molar-refractivity contribution in [1.82, 2.24) is 15.5 Å². The van der Waals surface area contributed by atoms with Crippen LogP contribution in [0.25, 0.3) is 0 Å². The molecular formula is C18H29N3OS. The van der Waals surface area contributed by atoms with Crippen molar-refractivity contribution in [2.45, 2.75) is 45.2 Å². The first kappa shape index (κ1) is 18.0. The van der Waals surface area contributed by atoms with Gasteiger partial charge < -0.3 is 15.4 Å². The minimum Gasteiger partial charge on any atom is -0.497 e. The molecule has 0 aromatic heterocycles. The van der Waals surface area contributed by atoms with Gasteiger partial charge in [-0.25, -0.2) is 0 Å². The molecule has 0 unspecified atom stereocenters. The van der Waals surface area contributed by atoms with Crippen molar-refractivity contribution in [3.05, 3.63) is 29.8 Å². The van der Waals surface area contributed by atoms with Crippen LogP contribution < -0.4 is 15.4 Å². The maximum atomic E-state index is 5.41. The maximum Gasteiger partial charge on any atom is 0.166 e. The van der Waals surface area contributed by atoms with E-state index in [1.807, 2.05) is 24.3 Å². The van der Waals surface area contributed by atoms with Crippen LogP contribution in [0.3, 0.4) is 0 Å². The van der Waals surface area contributed by atoms with Crippen molar-refractivity contribution < 1.29 is 4.74 Å². The summed E-state index contributed by atoms with van der Waals surface area (Å²) in [5.74, 6) is 0.873. The molecule has 1 aliphatic rings. The number of likely N-dealkylation sites (tertiary alicyclic amines) is 1. The van der Waals surface area contributed by atoms with Gasteiger partial charge in [0, 0.05) is 18.6 Å². The fourth-order valence-corrected chi connectivity index (χ4v) is 3.04. The van der Waals surface area contributed by atoms with Gasteiger partial charge in [-0.15, -0.1) is 0 Å². The third kappa shape index (κ3) is 5.66. The SMILES string of the molecule is COc1ccc(CNC(=S)NCC(C)(C)N2CCCCC2)cc1. The first-order valence-electron chi connectivity index (χ1n) is 8.41. The molecular weight excluding hydrogens is 306 g/mol. The number of hydrogen-bond acceptors (Lipinski definition) is 3. The Morgan fingerprint density at radius 2 is 1.78 bits per heavy atom. The molecule has 1 aliphatic heterocycles. The van der Waals surface area contributed by atoms with E-state index >= 15 is 0 Å². The van der Waals surface area contributed by atoms with Crippen LogP contribution in [0.5, 0.6) is 5.75 Å². The van der Waals surface area contributed by atoms with Crippen LogP contribution in [0.1, 0.15) is 38.7 Å². The Labute approximate surface area is 145 Å². The number of methoxy groups -OCH3 is 1. The number of thiocarbonyl (C=S) groups is 1. The van der Waals surface area contributed by atoms with Crippen LogP contribution >= 0.6 is 12.2 Å². The van der Waals surface area contributed by atoms with E-state index in [9.17, 15) is 0 Å². The number of rotatable bonds is 6. The molecule has 0 radical (unpaired) electrons. The summed E-state index contributed by atoms with van der Waals surface area (Å²) in [5, 5.41) is 7.35. The molecule has 0 aliphatic carbocycles. The lowest BCUT2D eigenvalue weighted by atomic mass is 9.98. The van der Waals surface area contributed by atoms with E-state index in [0.29, 0.717) is 5.11 Å². The van der Waals surface area contributed by atoms with Crippen LogP contribution in [-0.2, 0) is 6.54 Å². The summed E-state index contributed by atoms with van der Waals surface area (Å²) in [4.78, 5) is 2.57. The molecule has 0 saturated carbocycles. The zero-order valence-electron chi connectivity index (χ0n) is 14.5. The maximum absolute atomic E-state index is 5.41. The lowest BCUT2D eigenvalue weighted by molar-refractivity contribution is 0.0984. The number of nitrogens with one attached hydrogen (secondary N) is 2. The van der Waals surface area contributed by atoms with Crippen molar-refractivity contribution in [1.29, 1.82) is 0 Å². The van der Waals surface area contributed by atoms with E-state index in [1.165, 1.54) is 37.9 Å². The second-order valence-corrected chi connectivity index (χ2v) is 7.15. The largest absolute Gasteiger partial charge is 0.497 e. The second kappa shape index (κ2) is 8.50. The first-order valence-corrected chi connectivity index (χ1v) is 8.82. The number of hydrogen-bond donors (Lipinski definition) is 2. The van der Waals surface area contributed by atoms with Crippen LogP contribution in [0.15, 0.2) is 24.3 Å². The minimum atomic E-state index is 0.131. The monoisotopic (exact) mass is 335 g/mol. The normalized spacial score (nSPS) is 16.0. The Morgan fingerprint density at radius 3 is 2.39 bits per heavy atom. The van der Waals surface area contributed by atoms with Crippen LogP contribution in [-0.4, -0.2) is 42.3 Å². The number of ether oxygens (including phenoxy) is 1. The molecule has 0 atom stereocenters. The van der Waals surface area contributed by atoms with Crippen molar-refractivity contribution in [3.8, 4) is 5.75 Å². The van der Waals surface area contributed by atoms with E-state index in [4.69, 9.17) is 17.0 Å². The molecule has 1 aromatic carbocycles. The zero-order chi connectivity index (χ0) is 16.7. The zero-order valence-corrected chi connectivity index (χ0v) is 15.3. The fraction of sp³-hybridized carbons (Fsp3) is 0.611. The summed E-state index contributed by atoms with van der Waals surface area (Å²) >= 11 is 5.41. The number of nitrogens with zero attached hydrogens (tertiary/aromatic N) is 1. The summed E-state index contributed by atoms with van der Waals surface area (Å²) in [7, 11) is 1.68. The summed E-state index contributed by atoms with van der Waals surface area (Å²) in [6.07, 6.45) is 3.98. The number of piperidine rings is 1. The van der Waals surface area contributed by atoms with E-state index in [1.54, 1.807) is 7.11 Å². The number of benzene rings is 1. The molecule has 1 saturated heterocycles. The Morgan fingerprint density at radius 1 is 1.13 bits per heavy atom. The van der Waals surface area contributed by atoms with Gasteiger partial charge in [0.05, 0.1) is 7.11 Å². The minimum absolute atomic E-state index is 0.131. The Kier molecular flexibility index (Phi) is 6.66. The summed E-state index contributed by atoms with van der Waals surface area (Å²) in [6.45, 7) is 8.55.